The highest BCUT2D eigenvalue weighted by atomic mass is 16.5. The summed E-state index contributed by atoms with van der Waals surface area (Å²) in [4.78, 5) is 30.5. The summed E-state index contributed by atoms with van der Waals surface area (Å²) in [6.45, 7) is 9.14. The molecule has 6 nitrogen and oxygen atoms in total. The van der Waals surface area contributed by atoms with Crippen molar-refractivity contribution in [1.29, 1.82) is 0 Å². The van der Waals surface area contributed by atoms with E-state index in [0.29, 0.717) is 17.7 Å². The number of hydrogen-bond acceptors (Lipinski definition) is 4. The maximum Gasteiger partial charge on any atom is 0.260 e. The first kappa shape index (κ1) is 24.4. The van der Waals surface area contributed by atoms with E-state index in [9.17, 15) is 9.59 Å². The number of likely N-dealkylation sites (tertiary alicyclic amines) is 2. The summed E-state index contributed by atoms with van der Waals surface area (Å²) in [5.41, 5.74) is 2.08. The van der Waals surface area contributed by atoms with Crippen LogP contribution in [0.3, 0.4) is 0 Å². The Morgan fingerprint density at radius 2 is 1.71 bits per heavy atom. The minimum Gasteiger partial charge on any atom is -0.484 e. The molecular weight excluding hydrogens is 438 g/mol. The van der Waals surface area contributed by atoms with Crippen molar-refractivity contribution in [2.45, 2.75) is 83.7 Å². The fourth-order valence-corrected chi connectivity index (χ4v) is 6.08. The third-order valence-electron chi connectivity index (χ3n) is 8.49. The summed E-state index contributed by atoms with van der Waals surface area (Å²) in [6.07, 6.45) is 9.75. The Hall–Kier alpha value is -2.34. The van der Waals surface area contributed by atoms with E-state index in [0.717, 1.165) is 48.9 Å². The Labute approximate surface area is 209 Å². The highest BCUT2D eigenvalue weighted by molar-refractivity contribution is 5.85. The van der Waals surface area contributed by atoms with Crippen molar-refractivity contribution in [1.82, 2.24) is 14.4 Å². The molecule has 0 radical (unpaired) electrons. The van der Waals surface area contributed by atoms with Crippen LogP contribution >= 0.6 is 0 Å². The van der Waals surface area contributed by atoms with E-state index < -0.39 is 0 Å². The van der Waals surface area contributed by atoms with Gasteiger partial charge in [-0.1, -0.05) is 26.7 Å². The van der Waals surface area contributed by atoms with Crippen LogP contribution in [0.4, 0.5) is 0 Å². The predicted octanol–water partition coefficient (Wildman–Crippen LogP) is 4.78. The number of pyridine rings is 1. The van der Waals surface area contributed by atoms with Gasteiger partial charge >= 0.3 is 0 Å². The number of nitrogens with zero attached hydrogens (tertiary/aromatic N) is 3. The summed E-state index contributed by atoms with van der Waals surface area (Å²) in [5.74, 6) is 1.58. The molecule has 5 rings (SSSR count). The number of benzene rings is 1. The van der Waals surface area contributed by atoms with E-state index in [1.54, 1.807) is 0 Å². The highest BCUT2D eigenvalue weighted by Crippen LogP contribution is 2.31. The van der Waals surface area contributed by atoms with E-state index in [1.165, 1.54) is 51.6 Å². The summed E-state index contributed by atoms with van der Waals surface area (Å²) < 4.78 is 7.92. The van der Waals surface area contributed by atoms with Crippen molar-refractivity contribution in [3.63, 3.8) is 0 Å². The second-order valence-corrected chi connectivity index (χ2v) is 11.2. The Balaban J connectivity index is 1.25. The Kier molecular flexibility index (Phi) is 7.47. The van der Waals surface area contributed by atoms with Crippen LogP contribution in [-0.2, 0) is 11.3 Å². The molecule has 2 saturated heterocycles. The van der Waals surface area contributed by atoms with Crippen LogP contribution < -0.4 is 10.3 Å². The molecule has 3 heterocycles. The Bertz CT molecular complexity index is 1090. The molecule has 1 aromatic carbocycles. The largest absolute Gasteiger partial charge is 0.484 e. The first-order valence-electron chi connectivity index (χ1n) is 13.8. The quantitative estimate of drug-likeness (QED) is 0.574. The molecule has 0 N–H and O–H groups in total. The monoisotopic (exact) mass is 479 g/mol. The second kappa shape index (κ2) is 10.7. The number of carbonyl (C=O) groups is 1. The van der Waals surface area contributed by atoms with Crippen LogP contribution in [0.2, 0.25) is 0 Å². The lowest BCUT2D eigenvalue weighted by molar-refractivity contribution is -0.135. The third kappa shape index (κ3) is 5.42. The van der Waals surface area contributed by atoms with Crippen LogP contribution in [0.1, 0.15) is 76.7 Å². The zero-order valence-corrected chi connectivity index (χ0v) is 21.5. The third-order valence-corrected chi connectivity index (χ3v) is 8.49. The Morgan fingerprint density at radius 3 is 2.37 bits per heavy atom. The zero-order valence-electron chi connectivity index (χ0n) is 21.5. The van der Waals surface area contributed by atoms with E-state index in [-0.39, 0.29) is 24.0 Å². The summed E-state index contributed by atoms with van der Waals surface area (Å²) in [6, 6.07) is 8.41. The maximum atomic E-state index is 13.0. The van der Waals surface area contributed by atoms with Crippen molar-refractivity contribution in [2.75, 3.05) is 32.8 Å². The molecule has 1 saturated carbocycles. The number of carbonyl (C=O) groups excluding carboxylic acids is 1. The standard InChI is InChI=1S/C29H41N3O3/c1-21(2)26-18-28(33)32(19-22-7-6-8-22)27-17-24(9-10-25(26)27)35-20-29(34)31-15-11-23(12-16-31)30-13-4-3-5-14-30/h9-10,17-18,21-23H,3-8,11-16,19-20H2,1-2H3. The highest BCUT2D eigenvalue weighted by Gasteiger charge is 2.28. The van der Waals surface area contributed by atoms with Gasteiger partial charge in [0.15, 0.2) is 6.61 Å². The minimum absolute atomic E-state index is 0.0522. The molecule has 0 bridgehead atoms. The molecule has 190 valence electrons. The van der Waals surface area contributed by atoms with E-state index in [1.807, 2.05) is 27.7 Å². The maximum absolute atomic E-state index is 13.0. The van der Waals surface area contributed by atoms with Gasteiger partial charge in [-0.05, 0) is 81.1 Å². The number of amides is 1. The molecule has 3 fully saturated rings. The molecule has 0 unspecified atom stereocenters. The average molecular weight is 480 g/mol. The minimum atomic E-state index is 0.0522. The van der Waals surface area contributed by atoms with Crippen LogP contribution in [0, 0.1) is 5.92 Å². The van der Waals surface area contributed by atoms with E-state index in [4.69, 9.17) is 4.74 Å². The summed E-state index contributed by atoms with van der Waals surface area (Å²) in [7, 11) is 0. The summed E-state index contributed by atoms with van der Waals surface area (Å²) in [5, 5.41) is 1.11. The van der Waals surface area contributed by atoms with Gasteiger partial charge in [0.25, 0.3) is 11.5 Å². The molecule has 2 aliphatic heterocycles. The van der Waals surface area contributed by atoms with Crippen LogP contribution in [-0.4, -0.2) is 59.1 Å². The van der Waals surface area contributed by atoms with Gasteiger partial charge in [0.2, 0.25) is 0 Å². The normalized spacial score (nSPS) is 20.4. The molecule has 0 atom stereocenters. The number of aromatic nitrogens is 1. The number of piperidine rings is 2. The SMILES string of the molecule is CC(C)c1cc(=O)n(CC2CCC2)c2cc(OCC(=O)N3CCC(N4CCCCC4)CC3)ccc12. The van der Waals surface area contributed by atoms with Gasteiger partial charge in [0.1, 0.15) is 5.75 Å². The first-order chi connectivity index (χ1) is 17.0. The van der Waals surface area contributed by atoms with E-state index >= 15 is 0 Å². The topological polar surface area (TPSA) is 54.8 Å². The molecule has 1 aliphatic carbocycles. The van der Waals surface area contributed by atoms with E-state index in [2.05, 4.69) is 24.8 Å². The van der Waals surface area contributed by atoms with Crippen molar-refractivity contribution in [3.05, 3.63) is 40.2 Å². The van der Waals surface area contributed by atoms with Gasteiger partial charge in [-0.25, -0.2) is 0 Å². The lowest BCUT2D eigenvalue weighted by atomic mass is 9.85. The molecular formula is C29H41N3O3. The lowest BCUT2D eigenvalue weighted by Gasteiger charge is -2.40. The lowest BCUT2D eigenvalue weighted by Crippen LogP contribution is -2.49. The predicted molar refractivity (Wildman–Crippen MR) is 140 cm³/mol. The van der Waals surface area contributed by atoms with Crippen molar-refractivity contribution in [3.8, 4) is 5.75 Å². The van der Waals surface area contributed by atoms with Crippen LogP contribution in [0.5, 0.6) is 5.75 Å². The fourth-order valence-electron chi connectivity index (χ4n) is 6.08. The van der Waals surface area contributed by atoms with Gasteiger partial charge in [-0.2, -0.15) is 0 Å². The zero-order chi connectivity index (χ0) is 24.4. The van der Waals surface area contributed by atoms with Crippen molar-refractivity contribution < 1.29 is 9.53 Å². The second-order valence-electron chi connectivity index (χ2n) is 11.2. The number of hydrogen-bond donors (Lipinski definition) is 0. The Morgan fingerprint density at radius 1 is 0.971 bits per heavy atom. The van der Waals surface area contributed by atoms with Crippen molar-refractivity contribution >= 4 is 16.8 Å². The van der Waals surface area contributed by atoms with Gasteiger partial charge in [0, 0.05) is 43.2 Å². The number of ether oxygens (including phenoxy) is 1. The number of rotatable bonds is 7. The van der Waals surface area contributed by atoms with Crippen LogP contribution in [0.15, 0.2) is 29.1 Å². The average Bonchev–Trinajstić information content (AvgIpc) is 2.85. The van der Waals surface area contributed by atoms with Gasteiger partial charge in [-0.15, -0.1) is 0 Å². The molecule has 3 aliphatic rings. The summed E-state index contributed by atoms with van der Waals surface area (Å²) >= 11 is 0. The molecule has 1 amide bonds. The number of fused-ring (bicyclic) bond motifs is 1. The molecule has 0 spiro atoms. The smallest absolute Gasteiger partial charge is 0.260 e. The molecule has 6 heteroatoms. The molecule has 35 heavy (non-hydrogen) atoms. The van der Waals surface area contributed by atoms with Gasteiger partial charge in [0.05, 0.1) is 5.52 Å². The van der Waals surface area contributed by atoms with Crippen molar-refractivity contribution in [2.24, 2.45) is 5.92 Å². The van der Waals surface area contributed by atoms with Gasteiger partial charge in [-0.3, -0.25) is 9.59 Å². The first-order valence-corrected chi connectivity index (χ1v) is 13.8. The molecule has 2 aromatic rings. The van der Waals surface area contributed by atoms with Crippen LogP contribution in [0.25, 0.3) is 10.9 Å². The molecule has 1 aromatic heterocycles. The van der Waals surface area contributed by atoms with Gasteiger partial charge < -0.3 is 19.1 Å². The fraction of sp³-hybridized carbons (Fsp3) is 0.655.